The van der Waals surface area contributed by atoms with E-state index >= 15 is 0 Å². The van der Waals surface area contributed by atoms with Gasteiger partial charge in [-0.3, -0.25) is 5.43 Å². The Balaban J connectivity index is 2.16. The lowest BCUT2D eigenvalue weighted by atomic mass is 10.2. The summed E-state index contributed by atoms with van der Waals surface area (Å²) < 4.78 is 2.04. The number of rotatable bonds is 3. The molecule has 1 N–H and O–H groups in total. The molecular formula is C15H14Br2N2. The lowest BCUT2D eigenvalue weighted by Gasteiger charge is -2.05. The number of nitrogens with one attached hydrogen (secondary N) is 1. The molecule has 0 saturated heterocycles. The minimum atomic E-state index is 0.982. The highest BCUT2D eigenvalue weighted by atomic mass is 79.9. The topological polar surface area (TPSA) is 24.4 Å². The quantitative estimate of drug-likeness (QED) is 0.568. The van der Waals surface area contributed by atoms with Crippen molar-refractivity contribution in [3.63, 3.8) is 0 Å². The van der Waals surface area contributed by atoms with Gasteiger partial charge < -0.3 is 0 Å². The largest absolute Gasteiger partial charge is 0.278 e. The molecule has 0 atom stereocenters. The standard InChI is InChI=1S/C15H14Br2N2/c1-10-4-3-5-12(6-10)19-18-9-13-14(16)7-11(2)8-15(13)17/h3-9,19H,1-2H3/b18-9+. The number of hydrazone groups is 1. The van der Waals surface area contributed by atoms with Crippen molar-refractivity contribution in [1.29, 1.82) is 0 Å². The zero-order chi connectivity index (χ0) is 13.8. The Labute approximate surface area is 130 Å². The van der Waals surface area contributed by atoms with Crippen molar-refractivity contribution in [2.24, 2.45) is 5.10 Å². The second kappa shape index (κ2) is 6.35. The summed E-state index contributed by atoms with van der Waals surface area (Å²) in [4.78, 5) is 0. The van der Waals surface area contributed by atoms with Crippen LogP contribution in [0.5, 0.6) is 0 Å². The summed E-state index contributed by atoms with van der Waals surface area (Å²) in [6, 6.07) is 12.2. The molecule has 2 rings (SSSR count). The second-order valence-corrected chi connectivity index (χ2v) is 6.09. The van der Waals surface area contributed by atoms with Crippen LogP contribution in [0.3, 0.4) is 0 Å². The van der Waals surface area contributed by atoms with E-state index in [0.717, 1.165) is 20.2 Å². The van der Waals surface area contributed by atoms with E-state index in [0.29, 0.717) is 0 Å². The van der Waals surface area contributed by atoms with Gasteiger partial charge in [0.1, 0.15) is 0 Å². The number of hydrogen-bond acceptors (Lipinski definition) is 2. The van der Waals surface area contributed by atoms with Gasteiger partial charge in [-0.15, -0.1) is 0 Å². The first-order valence-electron chi connectivity index (χ1n) is 5.87. The fourth-order valence-corrected chi connectivity index (χ4v) is 3.34. The number of hydrogen-bond donors (Lipinski definition) is 1. The summed E-state index contributed by atoms with van der Waals surface area (Å²) in [7, 11) is 0. The predicted octanol–water partition coefficient (Wildman–Crippen LogP) is 5.27. The van der Waals surface area contributed by atoms with Crippen LogP contribution in [0.25, 0.3) is 0 Å². The van der Waals surface area contributed by atoms with Crippen LogP contribution in [-0.2, 0) is 0 Å². The van der Waals surface area contributed by atoms with Gasteiger partial charge in [-0.2, -0.15) is 5.10 Å². The molecule has 0 aliphatic rings. The molecule has 0 aliphatic carbocycles. The molecule has 0 spiro atoms. The van der Waals surface area contributed by atoms with Crippen LogP contribution in [0.2, 0.25) is 0 Å². The molecule has 2 nitrogen and oxygen atoms in total. The fraction of sp³-hybridized carbons (Fsp3) is 0.133. The Bertz CT molecular complexity index is 598. The third kappa shape index (κ3) is 3.91. The number of halogens is 2. The van der Waals surface area contributed by atoms with Crippen molar-refractivity contribution in [3.8, 4) is 0 Å². The van der Waals surface area contributed by atoms with Crippen molar-refractivity contribution in [2.75, 3.05) is 5.43 Å². The Morgan fingerprint density at radius 3 is 2.32 bits per heavy atom. The average molecular weight is 382 g/mol. The highest BCUT2D eigenvalue weighted by molar-refractivity contribution is 9.11. The van der Waals surface area contributed by atoms with Crippen LogP contribution in [-0.4, -0.2) is 6.21 Å². The third-order valence-corrected chi connectivity index (χ3v) is 3.94. The molecule has 19 heavy (non-hydrogen) atoms. The molecular weight excluding hydrogens is 368 g/mol. The van der Waals surface area contributed by atoms with E-state index in [1.807, 2.05) is 12.1 Å². The maximum atomic E-state index is 4.27. The van der Waals surface area contributed by atoms with Gasteiger partial charge in [0.25, 0.3) is 0 Å². The smallest absolute Gasteiger partial charge is 0.0567 e. The minimum Gasteiger partial charge on any atom is -0.278 e. The van der Waals surface area contributed by atoms with Gasteiger partial charge in [0.15, 0.2) is 0 Å². The highest BCUT2D eigenvalue weighted by Crippen LogP contribution is 2.25. The van der Waals surface area contributed by atoms with Gasteiger partial charge in [0, 0.05) is 14.5 Å². The van der Waals surface area contributed by atoms with Gasteiger partial charge in [0.05, 0.1) is 11.9 Å². The summed E-state index contributed by atoms with van der Waals surface area (Å²) in [5.41, 5.74) is 7.44. The molecule has 98 valence electrons. The van der Waals surface area contributed by atoms with Crippen molar-refractivity contribution < 1.29 is 0 Å². The van der Waals surface area contributed by atoms with E-state index in [9.17, 15) is 0 Å². The first-order chi connectivity index (χ1) is 9.06. The van der Waals surface area contributed by atoms with Crippen LogP contribution in [0.4, 0.5) is 5.69 Å². The molecule has 0 unspecified atom stereocenters. The number of benzene rings is 2. The van der Waals surface area contributed by atoms with Crippen LogP contribution < -0.4 is 5.43 Å². The number of aryl methyl sites for hydroxylation is 2. The highest BCUT2D eigenvalue weighted by Gasteiger charge is 2.03. The van der Waals surface area contributed by atoms with Crippen LogP contribution in [0, 0.1) is 13.8 Å². The minimum absolute atomic E-state index is 0.982. The van der Waals surface area contributed by atoms with Gasteiger partial charge >= 0.3 is 0 Å². The molecule has 0 heterocycles. The summed E-state index contributed by atoms with van der Waals surface area (Å²) >= 11 is 7.09. The predicted molar refractivity (Wildman–Crippen MR) is 89.0 cm³/mol. The van der Waals surface area contributed by atoms with E-state index in [-0.39, 0.29) is 0 Å². The van der Waals surface area contributed by atoms with Crippen LogP contribution in [0.1, 0.15) is 16.7 Å². The molecule has 4 heteroatoms. The maximum absolute atomic E-state index is 4.27. The van der Waals surface area contributed by atoms with Gasteiger partial charge in [-0.05, 0) is 49.2 Å². The molecule has 0 fully saturated rings. The molecule has 0 saturated carbocycles. The Morgan fingerprint density at radius 1 is 1.00 bits per heavy atom. The Hall–Kier alpha value is -1.13. The van der Waals surface area contributed by atoms with E-state index < -0.39 is 0 Å². The Kier molecular flexibility index (Phi) is 4.77. The summed E-state index contributed by atoms with van der Waals surface area (Å²) in [6.07, 6.45) is 1.80. The summed E-state index contributed by atoms with van der Waals surface area (Å²) in [5, 5.41) is 4.27. The zero-order valence-electron chi connectivity index (χ0n) is 10.7. The summed E-state index contributed by atoms with van der Waals surface area (Å²) in [6.45, 7) is 4.11. The lowest BCUT2D eigenvalue weighted by Crippen LogP contribution is -1.93. The second-order valence-electron chi connectivity index (χ2n) is 4.38. The first kappa shape index (κ1) is 14.3. The van der Waals surface area contributed by atoms with Crippen LogP contribution in [0.15, 0.2) is 50.4 Å². The fourth-order valence-electron chi connectivity index (χ4n) is 1.72. The van der Waals surface area contributed by atoms with Gasteiger partial charge in [-0.1, -0.05) is 44.0 Å². The van der Waals surface area contributed by atoms with Gasteiger partial charge in [-0.25, -0.2) is 0 Å². The normalized spacial score (nSPS) is 10.9. The molecule has 0 aromatic heterocycles. The van der Waals surface area contributed by atoms with E-state index in [2.05, 4.69) is 80.5 Å². The molecule has 0 amide bonds. The lowest BCUT2D eigenvalue weighted by molar-refractivity contribution is 1.32. The average Bonchev–Trinajstić information content (AvgIpc) is 2.32. The van der Waals surface area contributed by atoms with Crippen molar-refractivity contribution >= 4 is 43.8 Å². The number of anilines is 1. The molecule has 2 aromatic rings. The van der Waals surface area contributed by atoms with E-state index in [1.54, 1.807) is 6.21 Å². The molecule has 0 aliphatic heterocycles. The first-order valence-corrected chi connectivity index (χ1v) is 7.46. The molecule has 2 aromatic carbocycles. The van der Waals surface area contributed by atoms with E-state index in [4.69, 9.17) is 0 Å². The van der Waals surface area contributed by atoms with Crippen molar-refractivity contribution in [1.82, 2.24) is 0 Å². The maximum Gasteiger partial charge on any atom is 0.0567 e. The molecule has 0 bridgehead atoms. The molecule has 0 radical (unpaired) electrons. The van der Waals surface area contributed by atoms with Crippen molar-refractivity contribution in [3.05, 3.63) is 62.0 Å². The SMILES string of the molecule is Cc1cccc(N/N=C/c2c(Br)cc(C)cc2Br)c1. The van der Waals surface area contributed by atoms with Gasteiger partial charge in [0.2, 0.25) is 0 Å². The number of nitrogens with zero attached hydrogens (tertiary/aromatic N) is 1. The monoisotopic (exact) mass is 380 g/mol. The van der Waals surface area contributed by atoms with Crippen LogP contribution >= 0.6 is 31.9 Å². The summed E-state index contributed by atoms with van der Waals surface area (Å²) in [5.74, 6) is 0. The van der Waals surface area contributed by atoms with E-state index in [1.165, 1.54) is 11.1 Å². The Morgan fingerprint density at radius 2 is 1.68 bits per heavy atom. The third-order valence-electron chi connectivity index (χ3n) is 2.63. The van der Waals surface area contributed by atoms with Crippen molar-refractivity contribution in [2.45, 2.75) is 13.8 Å². The zero-order valence-corrected chi connectivity index (χ0v) is 13.9.